The fraction of sp³-hybridized carbons (Fsp3) is 0.133. The molecule has 0 amide bonds. The highest BCUT2D eigenvalue weighted by Crippen LogP contribution is 2.28. The van der Waals surface area contributed by atoms with Crippen LogP contribution in [0.15, 0.2) is 47.6 Å². The van der Waals surface area contributed by atoms with Crippen LogP contribution in [0.5, 0.6) is 11.5 Å². The van der Waals surface area contributed by atoms with Crippen LogP contribution >= 0.6 is 11.6 Å². The molecule has 0 aliphatic rings. The maximum Gasteiger partial charge on any atom is 0.161 e. The van der Waals surface area contributed by atoms with E-state index < -0.39 is 0 Å². The van der Waals surface area contributed by atoms with E-state index in [4.69, 9.17) is 26.3 Å². The van der Waals surface area contributed by atoms with Gasteiger partial charge in [0.1, 0.15) is 6.61 Å². The molecule has 0 spiro atoms. The smallest absolute Gasteiger partial charge is 0.161 e. The Bertz CT molecular complexity index is 597. The fourth-order valence-corrected chi connectivity index (χ4v) is 1.82. The molecule has 0 atom stereocenters. The monoisotopic (exact) mass is 291 g/mol. The topological polar surface area (TPSA) is 51.0 Å². The van der Waals surface area contributed by atoms with Gasteiger partial charge in [0.15, 0.2) is 11.5 Å². The Morgan fingerprint density at radius 1 is 1.15 bits per heavy atom. The van der Waals surface area contributed by atoms with Gasteiger partial charge in [-0.3, -0.25) is 0 Å². The minimum absolute atomic E-state index is 0.418. The number of ether oxygens (including phenoxy) is 2. The van der Waals surface area contributed by atoms with Gasteiger partial charge in [0.2, 0.25) is 0 Å². The van der Waals surface area contributed by atoms with E-state index in [2.05, 4.69) is 5.16 Å². The Morgan fingerprint density at radius 3 is 2.55 bits per heavy atom. The highest BCUT2D eigenvalue weighted by molar-refractivity contribution is 6.30. The van der Waals surface area contributed by atoms with Crippen molar-refractivity contribution >= 4 is 17.8 Å². The van der Waals surface area contributed by atoms with E-state index in [-0.39, 0.29) is 0 Å². The van der Waals surface area contributed by atoms with Crippen LogP contribution in [-0.4, -0.2) is 18.5 Å². The van der Waals surface area contributed by atoms with Crippen molar-refractivity contribution in [2.45, 2.75) is 6.61 Å². The summed E-state index contributed by atoms with van der Waals surface area (Å²) in [5, 5.41) is 12.2. The maximum atomic E-state index is 8.51. The van der Waals surface area contributed by atoms with Crippen molar-refractivity contribution in [3.63, 3.8) is 0 Å². The Kier molecular flexibility index (Phi) is 4.85. The molecule has 0 aromatic heterocycles. The first-order valence-electron chi connectivity index (χ1n) is 5.95. The zero-order valence-electron chi connectivity index (χ0n) is 10.9. The summed E-state index contributed by atoms with van der Waals surface area (Å²) in [4.78, 5) is 0. The molecule has 4 nitrogen and oxygen atoms in total. The molecule has 0 unspecified atom stereocenters. The van der Waals surface area contributed by atoms with Gasteiger partial charge in [-0.15, -0.1) is 0 Å². The van der Waals surface area contributed by atoms with Gasteiger partial charge in [-0.25, -0.2) is 0 Å². The van der Waals surface area contributed by atoms with Crippen LogP contribution in [0.1, 0.15) is 11.1 Å². The Balaban J connectivity index is 2.10. The van der Waals surface area contributed by atoms with Crippen molar-refractivity contribution in [3.05, 3.63) is 58.6 Å². The van der Waals surface area contributed by atoms with Gasteiger partial charge in [0.25, 0.3) is 0 Å². The van der Waals surface area contributed by atoms with Gasteiger partial charge in [-0.2, -0.15) is 0 Å². The molecule has 0 fully saturated rings. The first kappa shape index (κ1) is 14.2. The van der Waals surface area contributed by atoms with Crippen LogP contribution in [-0.2, 0) is 6.61 Å². The number of halogens is 1. The lowest BCUT2D eigenvalue weighted by Gasteiger charge is -2.11. The fourth-order valence-electron chi connectivity index (χ4n) is 1.69. The number of hydrogen-bond acceptors (Lipinski definition) is 4. The van der Waals surface area contributed by atoms with Crippen LogP contribution < -0.4 is 9.47 Å². The lowest BCUT2D eigenvalue weighted by Crippen LogP contribution is -1.98. The maximum absolute atomic E-state index is 8.51. The molecule has 0 aliphatic heterocycles. The molecule has 104 valence electrons. The molecular formula is C15H14ClNO3. The largest absolute Gasteiger partial charge is 0.493 e. The average Bonchev–Trinajstić information content (AvgIpc) is 2.47. The Labute approximate surface area is 122 Å². The third-order valence-corrected chi connectivity index (χ3v) is 2.95. The summed E-state index contributed by atoms with van der Waals surface area (Å²) in [5.74, 6) is 1.20. The number of oxime groups is 1. The number of methoxy groups -OCH3 is 1. The van der Waals surface area contributed by atoms with Crippen molar-refractivity contribution in [1.82, 2.24) is 0 Å². The third-order valence-electron chi connectivity index (χ3n) is 2.70. The molecule has 2 rings (SSSR count). The van der Waals surface area contributed by atoms with Crippen LogP contribution in [0.4, 0.5) is 0 Å². The molecule has 0 saturated carbocycles. The second kappa shape index (κ2) is 6.82. The molecule has 0 radical (unpaired) electrons. The molecule has 2 aromatic carbocycles. The quantitative estimate of drug-likeness (QED) is 0.519. The van der Waals surface area contributed by atoms with E-state index in [1.807, 2.05) is 24.3 Å². The van der Waals surface area contributed by atoms with E-state index in [9.17, 15) is 0 Å². The molecule has 20 heavy (non-hydrogen) atoms. The number of hydrogen-bond donors (Lipinski definition) is 1. The lowest BCUT2D eigenvalue weighted by atomic mass is 10.2. The van der Waals surface area contributed by atoms with Gasteiger partial charge in [-0.05, 0) is 35.9 Å². The van der Waals surface area contributed by atoms with Crippen LogP contribution in [0, 0.1) is 0 Å². The number of rotatable bonds is 5. The van der Waals surface area contributed by atoms with Crippen molar-refractivity contribution in [2.24, 2.45) is 5.16 Å². The van der Waals surface area contributed by atoms with Gasteiger partial charge < -0.3 is 14.7 Å². The summed E-state index contributed by atoms with van der Waals surface area (Å²) in [6.07, 6.45) is 1.32. The third kappa shape index (κ3) is 3.65. The molecule has 0 aliphatic carbocycles. The van der Waals surface area contributed by atoms with E-state index in [1.54, 1.807) is 25.3 Å². The van der Waals surface area contributed by atoms with E-state index in [0.717, 1.165) is 11.1 Å². The minimum Gasteiger partial charge on any atom is -0.493 e. The average molecular weight is 292 g/mol. The summed E-state index contributed by atoms with van der Waals surface area (Å²) >= 11 is 5.83. The normalized spacial score (nSPS) is 10.7. The summed E-state index contributed by atoms with van der Waals surface area (Å²) in [6.45, 7) is 0.418. The molecule has 5 heteroatoms. The molecule has 0 bridgehead atoms. The highest BCUT2D eigenvalue weighted by atomic mass is 35.5. The predicted molar refractivity (Wildman–Crippen MR) is 78.2 cm³/mol. The number of benzene rings is 2. The summed E-state index contributed by atoms with van der Waals surface area (Å²) in [7, 11) is 1.56. The Hall–Kier alpha value is -2.20. The van der Waals surface area contributed by atoms with Crippen molar-refractivity contribution < 1.29 is 14.7 Å². The standard InChI is InChI=1S/C15H14ClNO3/c1-19-15-8-12(9-17-18)4-7-14(15)20-10-11-2-5-13(16)6-3-11/h2-9,18H,10H2,1H3/b17-9-. The van der Waals surface area contributed by atoms with E-state index >= 15 is 0 Å². The van der Waals surface area contributed by atoms with E-state index in [0.29, 0.717) is 23.1 Å². The van der Waals surface area contributed by atoms with Crippen molar-refractivity contribution in [2.75, 3.05) is 7.11 Å². The summed E-state index contributed by atoms with van der Waals surface area (Å²) in [6, 6.07) is 12.7. The second-order valence-corrected chi connectivity index (χ2v) is 4.51. The van der Waals surface area contributed by atoms with Gasteiger partial charge in [-0.1, -0.05) is 28.9 Å². The first-order valence-corrected chi connectivity index (χ1v) is 6.33. The predicted octanol–water partition coefficient (Wildman–Crippen LogP) is 3.74. The zero-order valence-corrected chi connectivity index (χ0v) is 11.7. The van der Waals surface area contributed by atoms with Gasteiger partial charge in [0, 0.05) is 10.6 Å². The van der Waals surface area contributed by atoms with Crippen LogP contribution in [0.2, 0.25) is 5.02 Å². The molecule has 0 heterocycles. The molecule has 2 aromatic rings. The van der Waals surface area contributed by atoms with Gasteiger partial charge in [0.05, 0.1) is 13.3 Å². The zero-order chi connectivity index (χ0) is 14.4. The van der Waals surface area contributed by atoms with Gasteiger partial charge >= 0.3 is 0 Å². The highest BCUT2D eigenvalue weighted by Gasteiger charge is 2.05. The SMILES string of the molecule is COc1cc(/C=N\O)ccc1OCc1ccc(Cl)cc1. The second-order valence-electron chi connectivity index (χ2n) is 4.07. The minimum atomic E-state index is 0.418. The van der Waals surface area contributed by atoms with E-state index in [1.165, 1.54) is 6.21 Å². The molecule has 0 saturated heterocycles. The number of nitrogens with zero attached hydrogens (tertiary/aromatic N) is 1. The summed E-state index contributed by atoms with van der Waals surface area (Å²) in [5.41, 5.74) is 1.74. The van der Waals surface area contributed by atoms with Crippen molar-refractivity contribution in [3.8, 4) is 11.5 Å². The van der Waals surface area contributed by atoms with Crippen LogP contribution in [0.25, 0.3) is 0 Å². The molecule has 1 N–H and O–H groups in total. The lowest BCUT2D eigenvalue weighted by molar-refractivity contribution is 0.284. The first-order chi connectivity index (χ1) is 9.72. The molecular weight excluding hydrogens is 278 g/mol. The Morgan fingerprint density at radius 2 is 1.90 bits per heavy atom. The van der Waals surface area contributed by atoms with Crippen molar-refractivity contribution in [1.29, 1.82) is 0 Å². The van der Waals surface area contributed by atoms with Crippen LogP contribution in [0.3, 0.4) is 0 Å². The summed E-state index contributed by atoms with van der Waals surface area (Å²) < 4.78 is 11.0.